The van der Waals surface area contributed by atoms with E-state index in [0.29, 0.717) is 18.6 Å². The van der Waals surface area contributed by atoms with Crippen LogP contribution in [-0.2, 0) is 26.9 Å². The molecule has 1 N–H and O–H groups in total. The van der Waals surface area contributed by atoms with Gasteiger partial charge in [-0.3, -0.25) is 19.7 Å². The maximum Gasteiger partial charge on any atom is 0.416 e. The fourth-order valence-corrected chi connectivity index (χ4v) is 3.38. The maximum atomic E-state index is 12.7. The molecular weight excluding hydrogens is 419 g/mol. The Morgan fingerprint density at radius 3 is 2.65 bits per heavy atom. The number of nitro benzene ring substituents is 1. The van der Waals surface area contributed by atoms with E-state index in [4.69, 9.17) is 4.74 Å². The number of halogens is 3. The van der Waals surface area contributed by atoms with Crippen molar-refractivity contribution in [2.24, 2.45) is 0 Å². The van der Waals surface area contributed by atoms with E-state index in [2.05, 4.69) is 5.32 Å². The molecule has 1 aliphatic heterocycles. The summed E-state index contributed by atoms with van der Waals surface area (Å²) < 4.78 is 43.2. The summed E-state index contributed by atoms with van der Waals surface area (Å²) in [5.41, 5.74) is -0.539. The van der Waals surface area contributed by atoms with Crippen molar-refractivity contribution in [2.45, 2.75) is 25.6 Å². The van der Waals surface area contributed by atoms with Gasteiger partial charge >= 0.3 is 12.1 Å². The molecule has 164 valence electrons. The number of esters is 1. The predicted molar refractivity (Wildman–Crippen MR) is 105 cm³/mol. The van der Waals surface area contributed by atoms with E-state index in [1.807, 2.05) is 19.1 Å². The molecule has 0 fully saturated rings. The second-order valence-electron chi connectivity index (χ2n) is 6.95. The highest BCUT2D eigenvalue weighted by Crippen LogP contribution is 2.35. The van der Waals surface area contributed by atoms with Crippen LogP contribution in [0.1, 0.15) is 18.1 Å². The summed E-state index contributed by atoms with van der Waals surface area (Å²) >= 11 is 0. The molecular formula is C20H18F3N3O5. The third-order valence-electron chi connectivity index (χ3n) is 4.78. The number of alkyl halides is 3. The van der Waals surface area contributed by atoms with Crippen molar-refractivity contribution in [3.8, 4) is 0 Å². The zero-order chi connectivity index (χ0) is 22.8. The van der Waals surface area contributed by atoms with Gasteiger partial charge in [0, 0.05) is 17.8 Å². The Kier molecular flexibility index (Phi) is 6.14. The third kappa shape index (κ3) is 4.93. The molecule has 0 saturated heterocycles. The average Bonchev–Trinajstić information content (AvgIpc) is 3.05. The molecule has 8 nitrogen and oxygen atoms in total. The third-order valence-corrected chi connectivity index (χ3v) is 4.78. The van der Waals surface area contributed by atoms with Gasteiger partial charge in [-0.25, -0.2) is 0 Å². The van der Waals surface area contributed by atoms with Gasteiger partial charge in [-0.15, -0.1) is 0 Å². The molecule has 2 aromatic rings. The summed E-state index contributed by atoms with van der Waals surface area (Å²) in [5.74, 6) is -1.31. The molecule has 0 bridgehead atoms. The number of amides is 1. The lowest BCUT2D eigenvalue weighted by Crippen LogP contribution is -2.39. The molecule has 0 radical (unpaired) electrons. The minimum absolute atomic E-state index is 0.100. The van der Waals surface area contributed by atoms with Crippen LogP contribution in [0.25, 0.3) is 0 Å². The number of nitro groups is 1. The normalized spacial score (nSPS) is 15.4. The summed E-state index contributed by atoms with van der Waals surface area (Å²) in [6, 6.07) is 9.17. The van der Waals surface area contributed by atoms with Crippen LogP contribution in [0, 0.1) is 10.1 Å². The van der Waals surface area contributed by atoms with E-state index in [1.165, 1.54) is 4.90 Å². The Bertz CT molecular complexity index is 1030. The van der Waals surface area contributed by atoms with E-state index >= 15 is 0 Å². The minimum atomic E-state index is -4.74. The Morgan fingerprint density at radius 1 is 1.26 bits per heavy atom. The topological polar surface area (TPSA) is 102 Å². The van der Waals surface area contributed by atoms with Crippen molar-refractivity contribution in [1.29, 1.82) is 0 Å². The number of rotatable bonds is 6. The number of carbonyl (C=O) groups is 2. The number of ether oxygens (including phenoxy) is 1. The summed E-state index contributed by atoms with van der Waals surface area (Å²) in [5, 5.41) is 13.5. The number of hydrogen-bond acceptors (Lipinski definition) is 6. The van der Waals surface area contributed by atoms with Gasteiger partial charge in [0.25, 0.3) is 11.6 Å². The number of anilines is 2. The quantitative estimate of drug-likeness (QED) is 0.421. The van der Waals surface area contributed by atoms with Crippen molar-refractivity contribution >= 4 is 28.9 Å². The molecule has 2 aromatic carbocycles. The fraction of sp³-hybridized carbons (Fsp3) is 0.300. The van der Waals surface area contributed by atoms with Crippen LogP contribution >= 0.6 is 0 Å². The molecule has 3 rings (SSSR count). The number of nitrogens with one attached hydrogen (secondary N) is 1. The predicted octanol–water partition coefficient (Wildman–Crippen LogP) is 3.55. The largest absolute Gasteiger partial charge is 0.454 e. The van der Waals surface area contributed by atoms with Gasteiger partial charge in [-0.05, 0) is 37.1 Å². The van der Waals surface area contributed by atoms with E-state index in [0.717, 1.165) is 17.3 Å². The van der Waals surface area contributed by atoms with E-state index < -0.39 is 47.4 Å². The van der Waals surface area contributed by atoms with Gasteiger partial charge in [0.2, 0.25) is 0 Å². The lowest BCUT2D eigenvalue weighted by atomic mass is 10.1. The monoisotopic (exact) mass is 437 g/mol. The van der Waals surface area contributed by atoms with Crippen LogP contribution < -0.4 is 10.2 Å². The molecule has 0 aliphatic carbocycles. The van der Waals surface area contributed by atoms with Crippen molar-refractivity contribution in [2.75, 3.05) is 23.4 Å². The molecule has 0 saturated carbocycles. The first kappa shape index (κ1) is 22.1. The Labute approximate surface area is 174 Å². The summed E-state index contributed by atoms with van der Waals surface area (Å²) in [4.78, 5) is 36.1. The van der Waals surface area contributed by atoms with Crippen molar-refractivity contribution in [3.05, 3.63) is 63.7 Å². The van der Waals surface area contributed by atoms with Crippen molar-refractivity contribution < 1.29 is 32.4 Å². The molecule has 0 unspecified atom stereocenters. The van der Waals surface area contributed by atoms with E-state index in [1.54, 1.807) is 12.1 Å². The Morgan fingerprint density at radius 2 is 1.97 bits per heavy atom. The molecule has 1 amide bonds. The zero-order valence-electron chi connectivity index (χ0n) is 16.3. The second-order valence-corrected chi connectivity index (χ2v) is 6.95. The summed E-state index contributed by atoms with van der Waals surface area (Å²) in [6.45, 7) is 0.769. The number of fused-ring (bicyclic) bond motifs is 1. The van der Waals surface area contributed by atoms with Crippen LogP contribution in [0.15, 0.2) is 42.5 Å². The highest BCUT2D eigenvalue weighted by atomic mass is 19.4. The maximum absolute atomic E-state index is 12.7. The van der Waals surface area contributed by atoms with Crippen LogP contribution in [0.2, 0.25) is 0 Å². The minimum Gasteiger partial charge on any atom is -0.454 e. The smallest absolute Gasteiger partial charge is 0.416 e. The molecule has 1 heterocycles. The lowest BCUT2D eigenvalue weighted by molar-refractivity contribution is -0.384. The standard InChI is InChI=1S/C20H18F3N3O5/c1-12-8-13-4-2-3-5-16(13)25(12)18(27)11-31-19(28)10-24-15-7-6-14(20(21,22)23)9-17(15)26(29)30/h2-7,9,12,24H,8,10-11H2,1H3/t12-/m0/s1. The number of hydrogen-bond donors (Lipinski definition) is 1. The van der Waals surface area contributed by atoms with E-state index in [9.17, 15) is 32.9 Å². The Hall–Kier alpha value is -3.63. The van der Waals surface area contributed by atoms with Gasteiger partial charge in [0.15, 0.2) is 6.61 Å². The first-order chi connectivity index (χ1) is 14.6. The van der Waals surface area contributed by atoms with Gasteiger partial charge in [-0.2, -0.15) is 13.2 Å². The Balaban J connectivity index is 1.59. The van der Waals surface area contributed by atoms with Gasteiger partial charge in [-0.1, -0.05) is 18.2 Å². The number of nitrogens with zero attached hydrogens (tertiary/aromatic N) is 2. The number of para-hydroxylation sites is 1. The first-order valence-electron chi connectivity index (χ1n) is 9.23. The lowest BCUT2D eigenvalue weighted by Gasteiger charge is -2.22. The highest BCUT2D eigenvalue weighted by Gasteiger charge is 2.33. The van der Waals surface area contributed by atoms with Crippen molar-refractivity contribution in [3.63, 3.8) is 0 Å². The van der Waals surface area contributed by atoms with Crippen LogP contribution in [-0.4, -0.2) is 36.0 Å². The molecule has 1 aliphatic rings. The number of carbonyl (C=O) groups excluding carboxylic acids is 2. The average molecular weight is 437 g/mol. The van der Waals surface area contributed by atoms with Gasteiger partial charge in [0.05, 0.1) is 10.5 Å². The van der Waals surface area contributed by atoms with Crippen LogP contribution in [0.4, 0.5) is 30.2 Å². The summed E-state index contributed by atoms with van der Waals surface area (Å²) in [7, 11) is 0. The zero-order valence-corrected chi connectivity index (χ0v) is 16.3. The molecule has 1 atom stereocenters. The van der Waals surface area contributed by atoms with Crippen LogP contribution in [0.5, 0.6) is 0 Å². The second kappa shape index (κ2) is 8.62. The highest BCUT2D eigenvalue weighted by molar-refractivity contribution is 5.97. The first-order valence-corrected chi connectivity index (χ1v) is 9.23. The number of benzene rings is 2. The SMILES string of the molecule is C[C@H]1Cc2ccccc2N1C(=O)COC(=O)CNc1ccc(C(F)(F)F)cc1[N+](=O)[O-]. The molecule has 0 aromatic heterocycles. The molecule has 11 heteroatoms. The molecule has 0 spiro atoms. The van der Waals surface area contributed by atoms with Crippen molar-refractivity contribution in [1.82, 2.24) is 0 Å². The van der Waals surface area contributed by atoms with Gasteiger partial charge in [0.1, 0.15) is 12.2 Å². The summed E-state index contributed by atoms with van der Waals surface area (Å²) in [6.07, 6.45) is -4.07. The van der Waals surface area contributed by atoms with Gasteiger partial charge < -0.3 is 15.0 Å². The van der Waals surface area contributed by atoms with E-state index in [-0.39, 0.29) is 11.7 Å². The fourth-order valence-electron chi connectivity index (χ4n) is 3.38. The van der Waals surface area contributed by atoms with Crippen LogP contribution in [0.3, 0.4) is 0 Å². The molecule has 31 heavy (non-hydrogen) atoms.